The van der Waals surface area contributed by atoms with E-state index in [1.165, 1.54) is 27.1 Å². The molecule has 3 heteroatoms. The number of hydrogen-bond donors (Lipinski definition) is 2. The van der Waals surface area contributed by atoms with Gasteiger partial charge in [-0.1, -0.05) is 48.0 Å². The molecule has 2 nitrogen and oxygen atoms in total. The minimum Gasteiger partial charge on any atom is -0.350 e. The summed E-state index contributed by atoms with van der Waals surface area (Å²) in [7, 11) is 0. The SMILES string of the molecule is Cc1ccc(C(N)CSc2cc3ccccc3[nH]2)cc1. The second-order valence-electron chi connectivity index (χ2n) is 5.05. The first-order valence-corrected chi connectivity index (χ1v) is 7.73. The lowest BCUT2D eigenvalue weighted by Crippen LogP contribution is -2.12. The monoisotopic (exact) mass is 282 g/mol. The van der Waals surface area contributed by atoms with Crippen molar-refractivity contribution in [1.29, 1.82) is 0 Å². The summed E-state index contributed by atoms with van der Waals surface area (Å²) < 4.78 is 0. The molecule has 3 N–H and O–H groups in total. The van der Waals surface area contributed by atoms with E-state index in [0.717, 1.165) is 5.75 Å². The van der Waals surface area contributed by atoms with Gasteiger partial charge < -0.3 is 10.7 Å². The summed E-state index contributed by atoms with van der Waals surface area (Å²) in [6.07, 6.45) is 0. The molecule has 0 saturated carbocycles. The van der Waals surface area contributed by atoms with E-state index in [2.05, 4.69) is 60.4 Å². The van der Waals surface area contributed by atoms with Crippen molar-refractivity contribution in [3.63, 3.8) is 0 Å². The van der Waals surface area contributed by atoms with Crippen molar-refractivity contribution in [3.8, 4) is 0 Å². The summed E-state index contributed by atoms with van der Waals surface area (Å²) in [6.45, 7) is 2.09. The van der Waals surface area contributed by atoms with Crippen LogP contribution in [0.15, 0.2) is 59.6 Å². The maximum atomic E-state index is 6.25. The van der Waals surface area contributed by atoms with Gasteiger partial charge in [-0.05, 0) is 24.6 Å². The first-order valence-electron chi connectivity index (χ1n) is 6.75. The zero-order chi connectivity index (χ0) is 13.9. The van der Waals surface area contributed by atoms with Crippen molar-refractivity contribution in [3.05, 3.63) is 65.7 Å². The van der Waals surface area contributed by atoms with E-state index in [1.54, 1.807) is 11.8 Å². The van der Waals surface area contributed by atoms with Gasteiger partial charge in [0.2, 0.25) is 0 Å². The predicted molar refractivity (Wildman–Crippen MR) is 87.1 cm³/mol. The van der Waals surface area contributed by atoms with Crippen LogP contribution in [0.5, 0.6) is 0 Å². The quantitative estimate of drug-likeness (QED) is 0.702. The Labute approximate surface area is 123 Å². The maximum Gasteiger partial charge on any atom is 0.0733 e. The van der Waals surface area contributed by atoms with E-state index in [1.807, 2.05) is 6.07 Å². The molecule has 1 unspecified atom stereocenters. The van der Waals surface area contributed by atoms with Crippen LogP contribution in [-0.4, -0.2) is 10.7 Å². The predicted octanol–water partition coefficient (Wildman–Crippen LogP) is 4.27. The van der Waals surface area contributed by atoms with Gasteiger partial charge in [-0.25, -0.2) is 0 Å². The van der Waals surface area contributed by atoms with Gasteiger partial charge in [-0.2, -0.15) is 0 Å². The standard InChI is InChI=1S/C17H18N2S/c1-12-6-8-13(9-7-12)15(18)11-20-17-10-14-4-2-3-5-16(14)19-17/h2-10,15,19H,11,18H2,1H3. The number of hydrogen-bond acceptors (Lipinski definition) is 2. The van der Waals surface area contributed by atoms with Crippen LogP contribution in [0.3, 0.4) is 0 Å². The van der Waals surface area contributed by atoms with Crippen LogP contribution in [0.1, 0.15) is 17.2 Å². The van der Waals surface area contributed by atoms with Crippen LogP contribution in [0.4, 0.5) is 0 Å². The highest BCUT2D eigenvalue weighted by Crippen LogP contribution is 2.26. The van der Waals surface area contributed by atoms with Gasteiger partial charge >= 0.3 is 0 Å². The Morgan fingerprint density at radius 3 is 2.60 bits per heavy atom. The van der Waals surface area contributed by atoms with Crippen molar-refractivity contribution < 1.29 is 0 Å². The topological polar surface area (TPSA) is 41.8 Å². The molecular formula is C17H18N2S. The van der Waals surface area contributed by atoms with Gasteiger partial charge in [0.05, 0.1) is 5.03 Å². The van der Waals surface area contributed by atoms with Gasteiger partial charge in [0.1, 0.15) is 0 Å². The Balaban J connectivity index is 1.68. The van der Waals surface area contributed by atoms with Crippen LogP contribution in [0.2, 0.25) is 0 Å². The number of nitrogens with two attached hydrogens (primary N) is 1. The third-order valence-corrected chi connectivity index (χ3v) is 4.49. The summed E-state index contributed by atoms with van der Waals surface area (Å²) in [5, 5.41) is 2.42. The summed E-state index contributed by atoms with van der Waals surface area (Å²) in [5.41, 5.74) is 9.89. The number of nitrogens with one attached hydrogen (secondary N) is 1. The Morgan fingerprint density at radius 2 is 1.85 bits per heavy atom. The fraction of sp³-hybridized carbons (Fsp3) is 0.176. The van der Waals surface area contributed by atoms with Crippen molar-refractivity contribution >= 4 is 22.7 Å². The molecule has 1 atom stereocenters. The molecule has 1 heterocycles. The van der Waals surface area contributed by atoms with Gasteiger partial charge in [-0.15, -0.1) is 11.8 Å². The first kappa shape index (κ1) is 13.3. The van der Waals surface area contributed by atoms with Crippen LogP contribution in [0.25, 0.3) is 10.9 Å². The van der Waals surface area contributed by atoms with Crippen LogP contribution < -0.4 is 5.73 Å². The molecule has 0 aliphatic carbocycles. The molecule has 3 aromatic rings. The molecule has 0 saturated heterocycles. The lowest BCUT2D eigenvalue weighted by Gasteiger charge is -2.11. The average molecular weight is 282 g/mol. The molecule has 1 aromatic heterocycles. The van der Waals surface area contributed by atoms with Crippen molar-refractivity contribution in [2.75, 3.05) is 5.75 Å². The Bertz CT molecular complexity index is 667. The summed E-state index contributed by atoms with van der Waals surface area (Å²) in [6, 6.07) is 19.0. The Morgan fingerprint density at radius 1 is 1.10 bits per heavy atom. The van der Waals surface area contributed by atoms with E-state index >= 15 is 0 Å². The third-order valence-electron chi connectivity index (χ3n) is 3.43. The molecule has 0 spiro atoms. The molecule has 0 radical (unpaired) electrons. The average Bonchev–Trinajstić information content (AvgIpc) is 2.88. The van der Waals surface area contributed by atoms with E-state index < -0.39 is 0 Å². The molecule has 20 heavy (non-hydrogen) atoms. The number of rotatable bonds is 4. The van der Waals surface area contributed by atoms with Gasteiger partial charge in [-0.3, -0.25) is 0 Å². The number of fused-ring (bicyclic) bond motifs is 1. The normalized spacial score (nSPS) is 12.7. The second kappa shape index (κ2) is 5.73. The maximum absolute atomic E-state index is 6.25. The molecular weight excluding hydrogens is 264 g/mol. The Kier molecular flexibility index (Phi) is 3.81. The second-order valence-corrected chi connectivity index (χ2v) is 6.11. The molecule has 0 aliphatic rings. The van der Waals surface area contributed by atoms with Gasteiger partial charge in [0.15, 0.2) is 0 Å². The molecule has 0 aliphatic heterocycles. The van der Waals surface area contributed by atoms with E-state index in [0.29, 0.717) is 0 Å². The Hall–Kier alpha value is -1.71. The van der Waals surface area contributed by atoms with Crippen LogP contribution >= 0.6 is 11.8 Å². The van der Waals surface area contributed by atoms with Gasteiger partial charge in [0, 0.05) is 22.7 Å². The fourth-order valence-electron chi connectivity index (χ4n) is 2.21. The number of aromatic amines is 1. The molecule has 102 valence electrons. The summed E-state index contributed by atoms with van der Waals surface area (Å²) in [4.78, 5) is 3.42. The number of thioether (sulfide) groups is 1. The van der Waals surface area contributed by atoms with E-state index in [-0.39, 0.29) is 6.04 Å². The van der Waals surface area contributed by atoms with E-state index in [9.17, 15) is 0 Å². The number of aromatic nitrogens is 1. The zero-order valence-corrected chi connectivity index (χ0v) is 12.3. The molecule has 0 fully saturated rings. The summed E-state index contributed by atoms with van der Waals surface area (Å²) >= 11 is 1.77. The zero-order valence-electron chi connectivity index (χ0n) is 11.5. The van der Waals surface area contributed by atoms with Gasteiger partial charge in [0.25, 0.3) is 0 Å². The minimum atomic E-state index is 0.0620. The fourth-order valence-corrected chi connectivity index (χ4v) is 3.16. The molecule has 0 amide bonds. The number of benzene rings is 2. The highest BCUT2D eigenvalue weighted by molar-refractivity contribution is 7.99. The van der Waals surface area contributed by atoms with Crippen molar-refractivity contribution in [2.24, 2.45) is 5.73 Å². The number of aryl methyl sites for hydroxylation is 1. The lowest BCUT2D eigenvalue weighted by atomic mass is 10.1. The van der Waals surface area contributed by atoms with Crippen LogP contribution in [0, 0.1) is 6.92 Å². The van der Waals surface area contributed by atoms with E-state index in [4.69, 9.17) is 5.73 Å². The highest BCUT2D eigenvalue weighted by atomic mass is 32.2. The number of H-pyrrole nitrogens is 1. The minimum absolute atomic E-state index is 0.0620. The number of para-hydroxylation sites is 1. The van der Waals surface area contributed by atoms with Crippen LogP contribution in [-0.2, 0) is 0 Å². The van der Waals surface area contributed by atoms with Crippen molar-refractivity contribution in [1.82, 2.24) is 4.98 Å². The highest BCUT2D eigenvalue weighted by Gasteiger charge is 2.08. The molecule has 0 bridgehead atoms. The first-order chi connectivity index (χ1) is 9.72. The third kappa shape index (κ3) is 2.89. The molecule has 3 rings (SSSR count). The summed E-state index contributed by atoms with van der Waals surface area (Å²) in [5.74, 6) is 0.871. The molecule has 2 aromatic carbocycles. The smallest absolute Gasteiger partial charge is 0.0733 e. The lowest BCUT2D eigenvalue weighted by molar-refractivity contribution is 0.830. The van der Waals surface area contributed by atoms with Crippen molar-refractivity contribution in [2.45, 2.75) is 18.0 Å². The largest absolute Gasteiger partial charge is 0.350 e.